The molecular formula is C2H4Br2OP+. The van der Waals surface area contributed by atoms with Crippen LogP contribution >= 0.6 is 40.3 Å². The number of rotatable bonds is 2. The summed E-state index contributed by atoms with van der Waals surface area (Å²) < 4.78 is 9.93. The summed E-state index contributed by atoms with van der Waals surface area (Å²) in [4.78, 5) is 0. The highest BCUT2D eigenvalue weighted by Gasteiger charge is 1.99. The minimum absolute atomic E-state index is 0.206. The van der Waals surface area contributed by atoms with Crippen molar-refractivity contribution in [1.29, 1.82) is 0 Å². The summed E-state index contributed by atoms with van der Waals surface area (Å²) in [6.45, 7) is 0. The van der Waals surface area contributed by atoms with Crippen molar-refractivity contribution in [3.8, 4) is 0 Å². The third kappa shape index (κ3) is 5.06. The molecule has 0 spiro atoms. The van der Waals surface area contributed by atoms with Gasteiger partial charge in [0.2, 0.25) is 0 Å². The van der Waals surface area contributed by atoms with E-state index < -0.39 is 0 Å². The normalized spacial score (nSPS) is 10.5. The zero-order chi connectivity index (χ0) is 4.99. The van der Waals surface area contributed by atoms with Gasteiger partial charge in [-0.25, -0.2) is 0 Å². The highest BCUT2D eigenvalue weighted by molar-refractivity contribution is 9.24. The zero-order valence-corrected chi connectivity index (χ0v) is 7.12. The van der Waals surface area contributed by atoms with Gasteiger partial charge in [-0.2, -0.15) is 0 Å². The van der Waals surface area contributed by atoms with Crippen LogP contribution < -0.4 is 0 Å². The number of hydrogen-bond acceptors (Lipinski definition) is 1. The summed E-state index contributed by atoms with van der Waals surface area (Å²) >= 11 is 6.32. The molecule has 0 amide bonds. The van der Waals surface area contributed by atoms with E-state index in [1.165, 1.54) is 0 Å². The zero-order valence-electron chi connectivity index (χ0n) is 2.95. The van der Waals surface area contributed by atoms with Gasteiger partial charge in [0.1, 0.15) is 3.74 Å². The molecule has 0 saturated heterocycles. The molecule has 0 aliphatic heterocycles. The second-order valence-electron chi connectivity index (χ2n) is 0.740. The van der Waals surface area contributed by atoms with E-state index in [9.17, 15) is 4.57 Å². The molecule has 0 bridgehead atoms. The van der Waals surface area contributed by atoms with Gasteiger partial charge in [-0.15, -0.1) is 0 Å². The Morgan fingerprint density at radius 1 is 1.67 bits per heavy atom. The van der Waals surface area contributed by atoms with Crippen molar-refractivity contribution in [2.24, 2.45) is 0 Å². The van der Waals surface area contributed by atoms with Crippen molar-refractivity contribution in [3.63, 3.8) is 0 Å². The Labute approximate surface area is 55.0 Å². The molecule has 0 fully saturated rings. The van der Waals surface area contributed by atoms with Crippen LogP contribution in [-0.2, 0) is 4.57 Å². The second-order valence-corrected chi connectivity index (χ2v) is 4.88. The molecule has 0 N–H and O–H groups in total. The second kappa shape index (κ2) is 4.23. The molecule has 0 aromatic rings. The van der Waals surface area contributed by atoms with Crippen LogP contribution in [0.2, 0.25) is 0 Å². The van der Waals surface area contributed by atoms with Crippen LogP contribution in [0, 0.1) is 0 Å². The molecule has 0 aliphatic carbocycles. The first-order chi connectivity index (χ1) is 2.77. The van der Waals surface area contributed by atoms with Crippen molar-refractivity contribution in [3.05, 3.63) is 0 Å². The fourth-order valence-corrected chi connectivity index (χ4v) is 0.982. The molecule has 0 aromatic heterocycles. The number of hydrogen-bond donors (Lipinski definition) is 0. The van der Waals surface area contributed by atoms with E-state index in [-0.39, 0.29) is 12.2 Å². The van der Waals surface area contributed by atoms with Gasteiger partial charge in [0.05, 0.1) is 0 Å². The van der Waals surface area contributed by atoms with E-state index in [2.05, 4.69) is 31.9 Å². The summed E-state index contributed by atoms with van der Waals surface area (Å²) in [6, 6.07) is 0. The third-order valence-electron chi connectivity index (χ3n) is 0.238. The molecule has 0 rings (SSSR count). The fourth-order valence-electron chi connectivity index (χ4n) is 0.0630. The molecule has 0 aliphatic rings. The van der Waals surface area contributed by atoms with Gasteiger partial charge in [0, 0.05) is 0 Å². The van der Waals surface area contributed by atoms with Crippen LogP contribution in [0.25, 0.3) is 0 Å². The molecule has 0 radical (unpaired) electrons. The highest BCUT2D eigenvalue weighted by atomic mass is 79.9. The van der Waals surface area contributed by atoms with Gasteiger partial charge in [0.15, 0.2) is 6.16 Å². The molecule has 1 nitrogen and oxygen atoms in total. The lowest BCUT2D eigenvalue weighted by molar-refractivity contribution is 0.599. The van der Waals surface area contributed by atoms with E-state index in [1.807, 2.05) is 0 Å². The van der Waals surface area contributed by atoms with E-state index in [1.54, 1.807) is 0 Å². The smallest absolute Gasteiger partial charge is 0.0774 e. The Morgan fingerprint density at radius 3 is 2.17 bits per heavy atom. The Morgan fingerprint density at radius 2 is 2.17 bits per heavy atom. The standard InChI is InChI=1S/C2H3Br2OP/c3-2(4)1-6-5/h2H,1H2/p+1. The van der Waals surface area contributed by atoms with Crippen LogP contribution in [0.5, 0.6) is 0 Å². The minimum atomic E-state index is -0.206. The van der Waals surface area contributed by atoms with Gasteiger partial charge < -0.3 is 0 Å². The molecule has 4 heteroatoms. The van der Waals surface area contributed by atoms with Crippen molar-refractivity contribution >= 4 is 40.3 Å². The number of alkyl halides is 2. The summed E-state index contributed by atoms with van der Waals surface area (Å²) in [5.41, 5.74) is 0. The third-order valence-corrected chi connectivity index (χ3v) is 2.66. The lowest BCUT2D eigenvalue weighted by Crippen LogP contribution is -1.81. The molecule has 1 unspecified atom stereocenters. The van der Waals surface area contributed by atoms with Crippen molar-refractivity contribution in [2.75, 3.05) is 6.16 Å². The molecule has 36 valence electrons. The average molecular weight is 235 g/mol. The first-order valence-corrected chi connectivity index (χ1v) is 4.35. The van der Waals surface area contributed by atoms with Crippen LogP contribution in [0.4, 0.5) is 0 Å². The molecule has 1 atom stereocenters. The SMILES string of the molecule is O=[PH+]CC(Br)Br. The molecular weight excluding hydrogens is 231 g/mol. The van der Waals surface area contributed by atoms with Crippen LogP contribution in [0.15, 0.2) is 0 Å². The summed E-state index contributed by atoms with van der Waals surface area (Å²) in [5.74, 6) is 0. The van der Waals surface area contributed by atoms with Crippen molar-refractivity contribution in [2.45, 2.75) is 3.74 Å². The summed E-state index contributed by atoms with van der Waals surface area (Å²) in [7, 11) is -0.206. The largest absolute Gasteiger partial charge is 0.326 e. The predicted molar refractivity (Wildman–Crippen MR) is 35.5 cm³/mol. The Balaban J connectivity index is 2.81. The van der Waals surface area contributed by atoms with Crippen LogP contribution in [-0.4, -0.2) is 9.90 Å². The van der Waals surface area contributed by atoms with Crippen LogP contribution in [0.3, 0.4) is 0 Å². The van der Waals surface area contributed by atoms with Gasteiger partial charge in [-0.05, 0) is 0 Å². The predicted octanol–water partition coefficient (Wildman–Crippen LogP) is 2.13. The first kappa shape index (κ1) is 7.06. The topological polar surface area (TPSA) is 17.1 Å². The molecule has 6 heavy (non-hydrogen) atoms. The van der Waals surface area contributed by atoms with Gasteiger partial charge in [-0.3, -0.25) is 0 Å². The molecule has 0 saturated carbocycles. The van der Waals surface area contributed by atoms with Crippen LogP contribution in [0.1, 0.15) is 0 Å². The quantitative estimate of drug-likeness (QED) is 0.529. The minimum Gasteiger partial charge on any atom is -0.0774 e. The Bertz CT molecular complexity index is 46.8. The van der Waals surface area contributed by atoms with Gasteiger partial charge in [-0.1, -0.05) is 36.4 Å². The number of halogens is 2. The highest BCUT2D eigenvalue weighted by Crippen LogP contribution is 2.12. The van der Waals surface area contributed by atoms with Gasteiger partial charge >= 0.3 is 8.46 Å². The lowest BCUT2D eigenvalue weighted by atomic mass is 11.0. The Hall–Kier alpha value is 1.06. The van der Waals surface area contributed by atoms with Gasteiger partial charge in [0.25, 0.3) is 0 Å². The fraction of sp³-hybridized carbons (Fsp3) is 1.00. The maximum Gasteiger partial charge on any atom is 0.326 e. The summed E-state index contributed by atoms with van der Waals surface area (Å²) in [5, 5.41) is 0. The van der Waals surface area contributed by atoms with E-state index in [4.69, 9.17) is 0 Å². The lowest BCUT2D eigenvalue weighted by Gasteiger charge is -1.78. The maximum atomic E-state index is 9.71. The Kier molecular flexibility index (Phi) is 4.97. The van der Waals surface area contributed by atoms with E-state index >= 15 is 0 Å². The first-order valence-electron chi connectivity index (χ1n) is 1.40. The van der Waals surface area contributed by atoms with Crippen molar-refractivity contribution in [1.82, 2.24) is 0 Å². The average Bonchev–Trinajstić information content (AvgIpc) is 1.35. The molecule has 0 aromatic carbocycles. The monoisotopic (exact) mass is 233 g/mol. The molecule has 0 heterocycles. The van der Waals surface area contributed by atoms with E-state index in [0.717, 1.165) is 0 Å². The van der Waals surface area contributed by atoms with E-state index in [0.29, 0.717) is 6.16 Å². The summed E-state index contributed by atoms with van der Waals surface area (Å²) in [6.07, 6.45) is 0.681. The maximum absolute atomic E-state index is 9.71. The van der Waals surface area contributed by atoms with Crippen molar-refractivity contribution < 1.29 is 4.57 Å².